The fourth-order valence-corrected chi connectivity index (χ4v) is 0.964. The third-order valence-electron chi connectivity index (χ3n) is 1.18. The predicted octanol–water partition coefficient (Wildman–Crippen LogP) is 2.12. The quantitative estimate of drug-likeness (QED) is 0.591. The summed E-state index contributed by atoms with van der Waals surface area (Å²) in [5, 5.41) is 0.699. The molecule has 2 nitrogen and oxygen atoms in total. The van der Waals surface area contributed by atoms with Gasteiger partial charge in [-0.3, -0.25) is 0 Å². The molecular weight excluding hydrogens is 136 g/mol. The third-order valence-corrected chi connectivity index (χ3v) is 1.47. The molecule has 0 saturated heterocycles. The van der Waals surface area contributed by atoms with Crippen molar-refractivity contribution in [2.45, 2.75) is 19.9 Å². The first-order valence-electron chi connectivity index (χ1n) is 2.89. The second-order valence-electron chi connectivity index (χ2n) is 2.22. The number of hydrogen-bond donors (Lipinski definition) is 0. The number of nitrogens with zero attached hydrogens (tertiary/aromatic N) is 2. The van der Waals surface area contributed by atoms with Gasteiger partial charge in [-0.05, 0) is 13.8 Å². The Morgan fingerprint density at radius 3 is 2.56 bits per heavy atom. The number of imidazole rings is 1. The maximum Gasteiger partial charge on any atom is 0.128 e. The van der Waals surface area contributed by atoms with Crippen LogP contribution < -0.4 is 0 Å². The standard InChI is InChI=1S/C6H9ClN2/c1-5(2)9-4-8-3-6(9)7/h3-5H,1-2H3. The average Bonchev–Trinajstić information content (AvgIpc) is 2.13. The largest absolute Gasteiger partial charge is 0.319 e. The van der Waals surface area contributed by atoms with Gasteiger partial charge in [0.25, 0.3) is 0 Å². The Hall–Kier alpha value is -0.500. The van der Waals surface area contributed by atoms with Gasteiger partial charge >= 0.3 is 0 Å². The summed E-state index contributed by atoms with van der Waals surface area (Å²) in [6, 6.07) is 0.403. The molecule has 0 spiro atoms. The van der Waals surface area contributed by atoms with Crippen molar-refractivity contribution in [1.29, 1.82) is 0 Å². The van der Waals surface area contributed by atoms with Crippen LogP contribution in [-0.2, 0) is 0 Å². The Morgan fingerprint density at radius 1 is 1.67 bits per heavy atom. The van der Waals surface area contributed by atoms with Gasteiger partial charge in [0.15, 0.2) is 0 Å². The minimum atomic E-state index is 0.403. The number of hydrogen-bond acceptors (Lipinski definition) is 1. The Labute approximate surface area is 59.5 Å². The van der Waals surface area contributed by atoms with Crippen LogP contribution in [0.1, 0.15) is 19.9 Å². The van der Waals surface area contributed by atoms with Crippen molar-refractivity contribution in [3.8, 4) is 0 Å². The second kappa shape index (κ2) is 2.40. The van der Waals surface area contributed by atoms with E-state index in [2.05, 4.69) is 18.8 Å². The zero-order valence-corrected chi connectivity index (χ0v) is 6.26. The zero-order valence-electron chi connectivity index (χ0n) is 5.50. The molecule has 0 saturated carbocycles. The Morgan fingerprint density at radius 2 is 2.33 bits per heavy atom. The monoisotopic (exact) mass is 144 g/mol. The van der Waals surface area contributed by atoms with Crippen LogP contribution in [0.4, 0.5) is 0 Å². The predicted molar refractivity (Wildman–Crippen MR) is 37.6 cm³/mol. The molecule has 0 bridgehead atoms. The highest BCUT2D eigenvalue weighted by atomic mass is 35.5. The topological polar surface area (TPSA) is 17.8 Å². The molecule has 0 aliphatic carbocycles. The third kappa shape index (κ3) is 1.24. The molecule has 0 N–H and O–H groups in total. The number of rotatable bonds is 1. The van der Waals surface area contributed by atoms with Gasteiger partial charge in [-0.2, -0.15) is 0 Å². The molecule has 0 unspecified atom stereocenters. The summed E-state index contributed by atoms with van der Waals surface area (Å²) in [7, 11) is 0. The average molecular weight is 145 g/mol. The van der Waals surface area contributed by atoms with Crippen LogP contribution in [-0.4, -0.2) is 9.55 Å². The van der Waals surface area contributed by atoms with Crippen molar-refractivity contribution >= 4 is 11.6 Å². The van der Waals surface area contributed by atoms with Gasteiger partial charge < -0.3 is 4.57 Å². The van der Waals surface area contributed by atoms with E-state index in [9.17, 15) is 0 Å². The highest BCUT2D eigenvalue weighted by Crippen LogP contribution is 2.12. The van der Waals surface area contributed by atoms with Gasteiger partial charge in [0.05, 0.1) is 12.5 Å². The lowest BCUT2D eigenvalue weighted by atomic mass is 10.4. The smallest absolute Gasteiger partial charge is 0.128 e. The van der Waals surface area contributed by atoms with Gasteiger partial charge in [-0.15, -0.1) is 0 Å². The van der Waals surface area contributed by atoms with E-state index in [0.29, 0.717) is 11.2 Å². The molecule has 0 amide bonds. The highest BCUT2D eigenvalue weighted by Gasteiger charge is 1.99. The molecule has 0 aliphatic heterocycles. The summed E-state index contributed by atoms with van der Waals surface area (Å²) in [4.78, 5) is 3.87. The van der Waals surface area contributed by atoms with Crippen LogP contribution in [0.5, 0.6) is 0 Å². The SMILES string of the molecule is CC(C)n1cncc1Cl. The minimum Gasteiger partial charge on any atom is -0.319 e. The molecule has 1 rings (SSSR count). The van der Waals surface area contributed by atoms with E-state index in [1.165, 1.54) is 0 Å². The van der Waals surface area contributed by atoms with E-state index in [1.54, 1.807) is 12.5 Å². The molecule has 1 aromatic heterocycles. The van der Waals surface area contributed by atoms with Crippen LogP contribution in [0, 0.1) is 0 Å². The fraction of sp³-hybridized carbons (Fsp3) is 0.500. The molecule has 3 heteroatoms. The summed E-state index contributed by atoms with van der Waals surface area (Å²) in [5.74, 6) is 0. The van der Waals surface area contributed by atoms with Gasteiger partial charge in [0, 0.05) is 6.04 Å². The minimum absolute atomic E-state index is 0.403. The van der Waals surface area contributed by atoms with Crippen LogP contribution in [0.2, 0.25) is 5.15 Å². The van der Waals surface area contributed by atoms with Gasteiger partial charge in [0.2, 0.25) is 0 Å². The molecule has 9 heavy (non-hydrogen) atoms. The Kier molecular flexibility index (Phi) is 1.76. The summed E-state index contributed by atoms with van der Waals surface area (Å²) in [6.45, 7) is 4.13. The van der Waals surface area contributed by atoms with E-state index in [-0.39, 0.29) is 0 Å². The molecule has 0 aromatic carbocycles. The van der Waals surface area contributed by atoms with E-state index in [0.717, 1.165) is 0 Å². The molecule has 1 aromatic rings. The zero-order chi connectivity index (χ0) is 6.85. The van der Waals surface area contributed by atoms with E-state index in [4.69, 9.17) is 11.6 Å². The Bertz CT molecular complexity index is 193. The molecule has 0 fully saturated rings. The number of halogens is 1. The second-order valence-corrected chi connectivity index (χ2v) is 2.60. The van der Waals surface area contributed by atoms with Crippen molar-refractivity contribution in [2.24, 2.45) is 0 Å². The normalized spacial score (nSPS) is 10.7. The first kappa shape index (κ1) is 6.62. The van der Waals surface area contributed by atoms with E-state index < -0.39 is 0 Å². The molecule has 0 radical (unpaired) electrons. The van der Waals surface area contributed by atoms with Crippen LogP contribution in [0.15, 0.2) is 12.5 Å². The summed E-state index contributed by atoms with van der Waals surface area (Å²) < 4.78 is 1.90. The first-order chi connectivity index (χ1) is 4.22. The lowest BCUT2D eigenvalue weighted by Gasteiger charge is -2.05. The fourth-order valence-electron chi connectivity index (χ4n) is 0.668. The van der Waals surface area contributed by atoms with Crippen LogP contribution in [0.25, 0.3) is 0 Å². The molecule has 0 aliphatic rings. The van der Waals surface area contributed by atoms with Crippen molar-refractivity contribution in [2.75, 3.05) is 0 Å². The van der Waals surface area contributed by atoms with Crippen molar-refractivity contribution in [3.05, 3.63) is 17.7 Å². The Balaban J connectivity index is 2.94. The lowest BCUT2D eigenvalue weighted by Crippen LogP contribution is -1.97. The van der Waals surface area contributed by atoms with Crippen LogP contribution >= 0.6 is 11.6 Å². The van der Waals surface area contributed by atoms with Crippen LogP contribution in [0.3, 0.4) is 0 Å². The maximum atomic E-state index is 5.74. The van der Waals surface area contributed by atoms with Crippen molar-refractivity contribution < 1.29 is 0 Å². The van der Waals surface area contributed by atoms with Gasteiger partial charge in [-0.1, -0.05) is 11.6 Å². The molecular formula is C6H9ClN2. The highest BCUT2D eigenvalue weighted by molar-refractivity contribution is 6.29. The number of aromatic nitrogens is 2. The summed E-state index contributed by atoms with van der Waals surface area (Å²) in [5.41, 5.74) is 0. The lowest BCUT2D eigenvalue weighted by molar-refractivity contribution is 0.600. The van der Waals surface area contributed by atoms with Crippen molar-refractivity contribution in [1.82, 2.24) is 9.55 Å². The molecule has 1 heterocycles. The molecule has 50 valence electrons. The van der Waals surface area contributed by atoms with Gasteiger partial charge in [0.1, 0.15) is 5.15 Å². The van der Waals surface area contributed by atoms with Crippen molar-refractivity contribution in [3.63, 3.8) is 0 Å². The molecule has 0 atom stereocenters. The van der Waals surface area contributed by atoms with E-state index in [1.807, 2.05) is 4.57 Å². The van der Waals surface area contributed by atoms with Gasteiger partial charge in [-0.25, -0.2) is 4.98 Å². The summed E-state index contributed by atoms with van der Waals surface area (Å²) in [6.07, 6.45) is 3.37. The maximum absolute atomic E-state index is 5.74. The first-order valence-corrected chi connectivity index (χ1v) is 3.27. The summed E-state index contributed by atoms with van der Waals surface area (Å²) >= 11 is 5.74. The van der Waals surface area contributed by atoms with E-state index >= 15 is 0 Å².